The molecule has 1 aromatic rings. The molecule has 1 saturated carbocycles. The highest BCUT2D eigenvalue weighted by Gasteiger charge is 2.51. The molecule has 5 nitrogen and oxygen atoms in total. The van der Waals surface area contributed by atoms with E-state index >= 15 is 0 Å². The molecule has 3 aliphatic rings. The Hall–Kier alpha value is -1.50. The molecule has 0 aromatic heterocycles. The van der Waals surface area contributed by atoms with Crippen molar-refractivity contribution >= 4 is 5.91 Å². The molecule has 2 aliphatic heterocycles. The Kier molecular flexibility index (Phi) is 3.63. The van der Waals surface area contributed by atoms with Crippen molar-refractivity contribution in [1.82, 2.24) is 15.7 Å². The maximum Gasteiger partial charge on any atom is 0.274 e. The van der Waals surface area contributed by atoms with Crippen LogP contribution in [-0.4, -0.2) is 41.7 Å². The Labute approximate surface area is 134 Å². The molecule has 2 fully saturated rings. The molecule has 1 spiro atoms. The predicted molar refractivity (Wildman–Crippen MR) is 82.7 cm³/mol. The first-order chi connectivity index (χ1) is 11.1. The Morgan fingerprint density at radius 3 is 2.96 bits per heavy atom. The van der Waals surface area contributed by atoms with Crippen LogP contribution in [0.1, 0.15) is 40.7 Å². The number of rotatable bonds is 2. The first-order valence-corrected chi connectivity index (χ1v) is 8.33. The lowest BCUT2D eigenvalue weighted by molar-refractivity contribution is -0.0209. The van der Waals surface area contributed by atoms with E-state index in [0.717, 1.165) is 31.6 Å². The van der Waals surface area contributed by atoms with E-state index in [1.54, 1.807) is 11.5 Å². The monoisotopic (exact) mass is 319 g/mol. The van der Waals surface area contributed by atoms with Gasteiger partial charge in [-0.3, -0.25) is 14.9 Å². The van der Waals surface area contributed by atoms with E-state index in [0.29, 0.717) is 23.6 Å². The molecule has 23 heavy (non-hydrogen) atoms. The SMILES string of the molecule is O=C(NO)c1cc(F)c2c(c1)CCN(C1CCC13CCNC3)C2. The molecule has 2 atom stereocenters. The summed E-state index contributed by atoms with van der Waals surface area (Å²) in [7, 11) is 0. The normalized spacial score (nSPS) is 30.1. The second-order valence-electron chi connectivity index (χ2n) is 7.10. The summed E-state index contributed by atoms with van der Waals surface area (Å²) in [6.07, 6.45) is 4.44. The summed E-state index contributed by atoms with van der Waals surface area (Å²) in [4.78, 5) is 13.9. The molecule has 124 valence electrons. The van der Waals surface area contributed by atoms with Crippen molar-refractivity contribution in [2.75, 3.05) is 19.6 Å². The number of nitrogens with one attached hydrogen (secondary N) is 2. The molecule has 6 heteroatoms. The van der Waals surface area contributed by atoms with Gasteiger partial charge in [0.25, 0.3) is 5.91 Å². The van der Waals surface area contributed by atoms with Gasteiger partial charge < -0.3 is 5.32 Å². The summed E-state index contributed by atoms with van der Waals surface area (Å²) in [6, 6.07) is 3.47. The summed E-state index contributed by atoms with van der Waals surface area (Å²) in [6.45, 7) is 3.70. The van der Waals surface area contributed by atoms with Crippen LogP contribution in [0.5, 0.6) is 0 Å². The minimum atomic E-state index is -0.663. The van der Waals surface area contributed by atoms with Gasteiger partial charge in [0, 0.05) is 36.8 Å². The van der Waals surface area contributed by atoms with Gasteiger partial charge in [-0.15, -0.1) is 0 Å². The van der Waals surface area contributed by atoms with Crippen molar-refractivity contribution in [2.24, 2.45) is 5.41 Å². The van der Waals surface area contributed by atoms with Crippen molar-refractivity contribution in [3.05, 3.63) is 34.6 Å². The first kappa shape index (κ1) is 15.1. The lowest BCUT2D eigenvalue weighted by Crippen LogP contribution is -2.57. The third kappa shape index (κ3) is 2.36. The minimum absolute atomic E-state index is 0.178. The summed E-state index contributed by atoms with van der Waals surface area (Å²) in [5, 5.41) is 12.2. The number of benzene rings is 1. The summed E-state index contributed by atoms with van der Waals surface area (Å²) in [5.41, 5.74) is 3.74. The summed E-state index contributed by atoms with van der Waals surface area (Å²) in [5.74, 6) is -1.01. The van der Waals surface area contributed by atoms with Crippen molar-refractivity contribution in [3.63, 3.8) is 0 Å². The van der Waals surface area contributed by atoms with E-state index in [1.807, 2.05) is 0 Å². The maximum atomic E-state index is 14.5. The molecule has 4 rings (SSSR count). The molecule has 0 bridgehead atoms. The molecule has 1 aliphatic carbocycles. The second kappa shape index (κ2) is 5.54. The van der Waals surface area contributed by atoms with Crippen molar-refractivity contribution < 1.29 is 14.4 Å². The van der Waals surface area contributed by atoms with Crippen LogP contribution in [-0.2, 0) is 13.0 Å². The average molecular weight is 319 g/mol. The van der Waals surface area contributed by atoms with Gasteiger partial charge in [-0.2, -0.15) is 0 Å². The Morgan fingerprint density at radius 2 is 2.30 bits per heavy atom. The molecular weight excluding hydrogens is 297 g/mol. The van der Waals surface area contributed by atoms with Gasteiger partial charge in [-0.25, -0.2) is 9.87 Å². The molecule has 1 aromatic carbocycles. The summed E-state index contributed by atoms with van der Waals surface area (Å²) >= 11 is 0. The smallest absolute Gasteiger partial charge is 0.274 e. The van der Waals surface area contributed by atoms with Gasteiger partial charge in [0.2, 0.25) is 0 Å². The van der Waals surface area contributed by atoms with E-state index in [-0.39, 0.29) is 11.4 Å². The molecule has 3 N–H and O–H groups in total. The van der Waals surface area contributed by atoms with Crippen LogP contribution in [0.3, 0.4) is 0 Å². The van der Waals surface area contributed by atoms with E-state index < -0.39 is 5.91 Å². The molecule has 1 amide bonds. The molecule has 2 heterocycles. The zero-order valence-corrected chi connectivity index (χ0v) is 13.1. The zero-order chi connectivity index (χ0) is 16.0. The quantitative estimate of drug-likeness (QED) is 0.570. The lowest BCUT2D eigenvalue weighted by atomic mass is 9.63. The number of carbonyl (C=O) groups excluding carboxylic acids is 1. The van der Waals surface area contributed by atoms with Crippen molar-refractivity contribution in [2.45, 2.75) is 38.3 Å². The standard InChI is InChI=1S/C17H22FN3O2/c18-14-8-12(16(22)20-23)7-11-2-6-21(9-13(11)14)15-1-3-17(15)4-5-19-10-17/h7-8,15,19,23H,1-6,9-10H2,(H,20,22). The van der Waals surface area contributed by atoms with Gasteiger partial charge in [-0.1, -0.05) is 0 Å². The van der Waals surface area contributed by atoms with Gasteiger partial charge in [0.15, 0.2) is 0 Å². The molecule has 0 radical (unpaired) electrons. The van der Waals surface area contributed by atoms with Crippen LogP contribution in [0.25, 0.3) is 0 Å². The number of hydroxylamine groups is 1. The predicted octanol–water partition coefficient (Wildman–Crippen LogP) is 1.44. The third-order valence-corrected chi connectivity index (χ3v) is 6.02. The number of hydrogen-bond acceptors (Lipinski definition) is 4. The molecular formula is C17H22FN3O2. The fourth-order valence-corrected chi connectivity index (χ4v) is 4.61. The maximum absolute atomic E-state index is 14.5. The summed E-state index contributed by atoms with van der Waals surface area (Å²) < 4.78 is 14.5. The van der Waals surface area contributed by atoms with E-state index in [2.05, 4.69) is 10.2 Å². The molecule has 1 saturated heterocycles. The van der Waals surface area contributed by atoms with Crippen LogP contribution in [0, 0.1) is 11.2 Å². The Bertz CT molecular complexity index is 643. The third-order valence-electron chi connectivity index (χ3n) is 6.02. The van der Waals surface area contributed by atoms with Crippen LogP contribution in [0.2, 0.25) is 0 Å². The molecule has 2 unspecified atom stereocenters. The largest absolute Gasteiger partial charge is 0.316 e. The first-order valence-electron chi connectivity index (χ1n) is 8.33. The van der Waals surface area contributed by atoms with Gasteiger partial charge in [0.05, 0.1) is 0 Å². The van der Waals surface area contributed by atoms with Crippen molar-refractivity contribution in [3.8, 4) is 0 Å². The van der Waals surface area contributed by atoms with Crippen LogP contribution < -0.4 is 10.8 Å². The van der Waals surface area contributed by atoms with E-state index in [1.165, 1.54) is 25.3 Å². The van der Waals surface area contributed by atoms with Crippen LogP contribution in [0.15, 0.2) is 12.1 Å². The van der Waals surface area contributed by atoms with Crippen molar-refractivity contribution in [1.29, 1.82) is 0 Å². The van der Waals surface area contributed by atoms with Gasteiger partial charge >= 0.3 is 0 Å². The topological polar surface area (TPSA) is 64.6 Å². The number of carbonyl (C=O) groups is 1. The van der Waals surface area contributed by atoms with E-state index in [9.17, 15) is 9.18 Å². The average Bonchev–Trinajstić information content (AvgIpc) is 3.05. The lowest BCUT2D eigenvalue weighted by Gasteiger charge is -2.53. The van der Waals surface area contributed by atoms with Gasteiger partial charge in [0.1, 0.15) is 5.82 Å². The fraction of sp³-hybridized carbons (Fsp3) is 0.588. The van der Waals surface area contributed by atoms with E-state index in [4.69, 9.17) is 5.21 Å². The number of halogens is 1. The minimum Gasteiger partial charge on any atom is -0.316 e. The Balaban J connectivity index is 1.57. The second-order valence-corrected chi connectivity index (χ2v) is 7.10. The van der Waals surface area contributed by atoms with Crippen LogP contribution >= 0.6 is 0 Å². The van der Waals surface area contributed by atoms with Gasteiger partial charge in [-0.05, 0) is 55.3 Å². The highest BCUT2D eigenvalue weighted by molar-refractivity contribution is 5.93. The highest BCUT2D eigenvalue weighted by Crippen LogP contribution is 2.49. The highest BCUT2D eigenvalue weighted by atomic mass is 19.1. The fourth-order valence-electron chi connectivity index (χ4n) is 4.61. The Morgan fingerprint density at radius 1 is 1.43 bits per heavy atom. The number of hydrogen-bond donors (Lipinski definition) is 3. The number of amides is 1. The number of fused-ring (bicyclic) bond motifs is 1. The number of nitrogens with zero attached hydrogens (tertiary/aromatic N) is 1. The van der Waals surface area contributed by atoms with Crippen LogP contribution in [0.4, 0.5) is 4.39 Å². The zero-order valence-electron chi connectivity index (χ0n) is 13.1.